The molecule has 17 heavy (non-hydrogen) atoms. The van der Waals surface area contributed by atoms with Crippen LogP contribution in [-0.4, -0.2) is 76.5 Å². The van der Waals surface area contributed by atoms with Crippen molar-refractivity contribution in [2.45, 2.75) is 13.8 Å². The number of benzene rings is 1. The Hall–Kier alpha value is -0.204. The third-order valence-electron chi connectivity index (χ3n) is 1.91. The normalized spacial score (nSPS) is 9.06. The monoisotopic (exact) mass is 262 g/mol. The minimum absolute atomic E-state index is 0. The van der Waals surface area contributed by atoms with E-state index in [0.717, 1.165) is 0 Å². The number of esters is 2. The van der Waals surface area contributed by atoms with Gasteiger partial charge in [0.05, 0.1) is 24.3 Å². The molecule has 0 heterocycles. The molecule has 0 aliphatic rings. The van der Waals surface area contributed by atoms with Gasteiger partial charge in [0.2, 0.25) is 0 Å². The van der Waals surface area contributed by atoms with Gasteiger partial charge in [-0.1, -0.05) is 0 Å². The zero-order chi connectivity index (χ0) is 12.0. The molecule has 0 aromatic heterocycles. The van der Waals surface area contributed by atoms with E-state index in [-0.39, 0.29) is 51.4 Å². The van der Waals surface area contributed by atoms with E-state index >= 15 is 0 Å². The van der Waals surface area contributed by atoms with Crippen LogP contribution in [0, 0.1) is 0 Å². The summed E-state index contributed by atoms with van der Waals surface area (Å²) in [6.45, 7) is 4.15. The van der Waals surface area contributed by atoms with E-state index in [1.165, 1.54) is 0 Å². The molecule has 1 rings (SSSR count). The van der Waals surface area contributed by atoms with Crippen LogP contribution in [0.1, 0.15) is 34.6 Å². The van der Waals surface area contributed by atoms with E-state index in [1.807, 2.05) is 0 Å². The van der Waals surface area contributed by atoms with Crippen LogP contribution in [0.5, 0.6) is 0 Å². The molecule has 0 aliphatic carbocycles. The van der Waals surface area contributed by atoms with Crippen molar-refractivity contribution in [2.75, 3.05) is 13.2 Å². The van der Waals surface area contributed by atoms with Crippen molar-refractivity contribution in [3.63, 3.8) is 0 Å². The van der Waals surface area contributed by atoms with Crippen molar-refractivity contribution in [1.29, 1.82) is 0 Å². The van der Waals surface area contributed by atoms with E-state index in [1.54, 1.807) is 38.1 Å². The van der Waals surface area contributed by atoms with Gasteiger partial charge < -0.3 is 9.47 Å². The Morgan fingerprint density at radius 3 is 1.41 bits per heavy atom. The first-order chi connectivity index (χ1) is 7.69. The summed E-state index contributed by atoms with van der Waals surface area (Å²) < 4.78 is 9.64. The first kappa shape index (κ1) is 16.8. The maximum absolute atomic E-state index is 11.3. The molecule has 0 N–H and O–H groups in total. The number of carbonyl (C=O) groups excluding carboxylic acids is 2. The second-order valence-corrected chi connectivity index (χ2v) is 3.02. The molecule has 0 bridgehead atoms. The van der Waals surface area contributed by atoms with Gasteiger partial charge in [0.15, 0.2) is 0 Å². The summed E-state index contributed by atoms with van der Waals surface area (Å²) in [5, 5.41) is 0. The fraction of sp³-hybridized carbons (Fsp3) is 0.333. The fourth-order valence-electron chi connectivity index (χ4n) is 1.17. The van der Waals surface area contributed by atoms with Crippen molar-refractivity contribution in [3.8, 4) is 0 Å². The summed E-state index contributed by atoms with van der Waals surface area (Å²) >= 11 is 0. The molecule has 0 spiro atoms. The van der Waals surface area contributed by atoms with Gasteiger partial charge in [0.1, 0.15) is 0 Å². The number of hydrogen-bond donors (Lipinski definition) is 0. The molecule has 1 aromatic carbocycles. The molecular formula is C12H15KO4. The van der Waals surface area contributed by atoms with Gasteiger partial charge in [0, 0.05) is 0 Å². The van der Waals surface area contributed by atoms with Gasteiger partial charge in [-0.3, -0.25) is 0 Å². The molecule has 0 aliphatic heterocycles. The Balaban J connectivity index is 0.00000256. The Labute approximate surface area is 143 Å². The van der Waals surface area contributed by atoms with Crippen LogP contribution < -0.4 is 0 Å². The molecule has 0 saturated carbocycles. The van der Waals surface area contributed by atoms with Crippen molar-refractivity contribution >= 4 is 63.3 Å². The predicted molar refractivity (Wildman–Crippen MR) is 65.5 cm³/mol. The van der Waals surface area contributed by atoms with Crippen LogP contribution in [-0.2, 0) is 9.47 Å². The second kappa shape index (κ2) is 8.82. The van der Waals surface area contributed by atoms with Crippen LogP contribution in [0.4, 0.5) is 0 Å². The quantitative estimate of drug-likeness (QED) is 0.608. The van der Waals surface area contributed by atoms with Crippen LogP contribution in [0.3, 0.4) is 0 Å². The number of rotatable bonds is 4. The van der Waals surface area contributed by atoms with Gasteiger partial charge in [-0.2, -0.15) is 0 Å². The molecule has 88 valence electrons. The zero-order valence-corrected chi connectivity index (χ0v) is 9.36. The molecule has 0 radical (unpaired) electrons. The molecule has 0 atom stereocenters. The fourth-order valence-corrected chi connectivity index (χ4v) is 1.17. The second-order valence-electron chi connectivity index (χ2n) is 3.02. The topological polar surface area (TPSA) is 52.6 Å². The van der Waals surface area contributed by atoms with Crippen molar-refractivity contribution in [2.24, 2.45) is 0 Å². The third kappa shape index (κ3) is 5.31. The molecular weight excluding hydrogens is 247 g/mol. The van der Waals surface area contributed by atoms with Gasteiger partial charge in [0.25, 0.3) is 0 Å². The van der Waals surface area contributed by atoms with Gasteiger partial charge in [-0.15, -0.1) is 0 Å². The third-order valence-corrected chi connectivity index (χ3v) is 1.91. The van der Waals surface area contributed by atoms with E-state index in [2.05, 4.69) is 0 Å². The minimum atomic E-state index is -0.391. The Morgan fingerprint density at radius 2 is 1.18 bits per heavy atom. The number of ether oxygens (including phenoxy) is 2. The van der Waals surface area contributed by atoms with Crippen LogP contribution in [0.25, 0.3) is 0 Å². The van der Waals surface area contributed by atoms with Gasteiger partial charge >= 0.3 is 63.3 Å². The van der Waals surface area contributed by atoms with Crippen LogP contribution in [0.2, 0.25) is 0 Å². The first-order valence-electron chi connectivity index (χ1n) is 5.13. The summed E-state index contributed by atoms with van der Waals surface area (Å²) in [6, 6.07) is 6.18. The van der Waals surface area contributed by atoms with Crippen LogP contribution in [0.15, 0.2) is 24.3 Å². The number of hydrogen-bond acceptors (Lipinski definition) is 4. The first-order valence-corrected chi connectivity index (χ1v) is 5.13. The van der Waals surface area contributed by atoms with Crippen molar-refractivity contribution in [3.05, 3.63) is 35.4 Å². The molecule has 0 fully saturated rings. The van der Waals surface area contributed by atoms with Crippen molar-refractivity contribution < 1.29 is 19.1 Å². The Bertz CT molecular complexity index is 336. The zero-order valence-electron chi connectivity index (χ0n) is 9.36. The maximum atomic E-state index is 11.3. The average molecular weight is 262 g/mol. The summed E-state index contributed by atoms with van der Waals surface area (Å²) in [5.41, 5.74) is 0.852. The van der Waals surface area contributed by atoms with E-state index in [0.29, 0.717) is 24.3 Å². The van der Waals surface area contributed by atoms with E-state index < -0.39 is 11.9 Å². The molecule has 0 amide bonds. The molecule has 0 saturated heterocycles. The van der Waals surface area contributed by atoms with Crippen molar-refractivity contribution in [1.82, 2.24) is 0 Å². The average Bonchev–Trinajstić information content (AvgIpc) is 2.30. The molecule has 1 aromatic rings. The van der Waals surface area contributed by atoms with Gasteiger partial charge in [-0.05, 0) is 38.1 Å². The Kier molecular flexibility index (Phi) is 8.72. The standard InChI is InChI=1S/C12H14O4.K.H/c1-3-15-11(13)9-5-7-10(8-6-9)12(14)16-4-2;;/h5-8H,3-4H2,1-2H3;;. The molecule has 4 nitrogen and oxygen atoms in total. The summed E-state index contributed by atoms with van der Waals surface area (Å²) in [7, 11) is 0. The SMILES string of the molecule is CCOC(=O)c1ccc(C(=O)OCC)cc1.[KH]. The Morgan fingerprint density at radius 1 is 0.882 bits per heavy atom. The van der Waals surface area contributed by atoms with Gasteiger partial charge in [-0.25, -0.2) is 9.59 Å². The summed E-state index contributed by atoms with van der Waals surface area (Å²) in [6.07, 6.45) is 0. The summed E-state index contributed by atoms with van der Waals surface area (Å²) in [4.78, 5) is 22.6. The van der Waals surface area contributed by atoms with Crippen LogP contribution >= 0.6 is 0 Å². The number of carbonyl (C=O) groups is 2. The van der Waals surface area contributed by atoms with E-state index in [9.17, 15) is 9.59 Å². The molecule has 0 unspecified atom stereocenters. The summed E-state index contributed by atoms with van der Waals surface area (Å²) in [5.74, 6) is -0.782. The molecule has 5 heteroatoms. The van der Waals surface area contributed by atoms with E-state index in [4.69, 9.17) is 9.47 Å². The predicted octanol–water partition coefficient (Wildman–Crippen LogP) is 1.39.